The van der Waals surface area contributed by atoms with Crippen molar-refractivity contribution in [1.29, 1.82) is 0 Å². The number of carbonyl (C=O) groups excluding carboxylic acids is 1. The minimum absolute atomic E-state index is 0.0849. The van der Waals surface area contributed by atoms with Gasteiger partial charge in [0.1, 0.15) is 23.6 Å². The van der Waals surface area contributed by atoms with E-state index in [9.17, 15) is 13.2 Å². The third-order valence-electron chi connectivity index (χ3n) is 7.15. The Kier molecular flexibility index (Phi) is 8.31. The number of nitrogens with one attached hydrogen (secondary N) is 1. The lowest BCUT2D eigenvalue weighted by molar-refractivity contribution is -0.121. The van der Waals surface area contributed by atoms with Crippen LogP contribution in [0.4, 0.5) is 5.69 Å². The minimum Gasteiger partial charge on any atom is -0.494 e. The molecular weight excluding hydrogens is 500 g/mol. The van der Waals surface area contributed by atoms with E-state index in [1.165, 1.54) is 12.1 Å². The van der Waals surface area contributed by atoms with Gasteiger partial charge in [0.05, 0.1) is 23.2 Å². The second kappa shape index (κ2) is 11.5. The molecule has 0 bridgehead atoms. The number of rotatable bonds is 10. The summed E-state index contributed by atoms with van der Waals surface area (Å²) in [6.45, 7) is 8.08. The maximum Gasteiger partial charge on any atom is 0.264 e. The Labute approximate surface area is 225 Å². The van der Waals surface area contributed by atoms with Crippen LogP contribution in [0.1, 0.15) is 57.2 Å². The van der Waals surface area contributed by atoms with Crippen LogP contribution in [0, 0.1) is 6.92 Å². The van der Waals surface area contributed by atoms with Gasteiger partial charge in [-0.3, -0.25) is 9.10 Å². The molecule has 8 heteroatoms. The summed E-state index contributed by atoms with van der Waals surface area (Å²) in [5, 5.41) is 3.11. The Morgan fingerprint density at radius 2 is 1.66 bits per heavy atom. The van der Waals surface area contributed by atoms with E-state index in [2.05, 4.69) is 19.2 Å². The molecule has 1 aliphatic heterocycles. The van der Waals surface area contributed by atoms with Crippen molar-refractivity contribution in [3.05, 3.63) is 83.9 Å². The number of benzene rings is 3. The van der Waals surface area contributed by atoms with Gasteiger partial charge in [-0.05, 0) is 69.2 Å². The maximum absolute atomic E-state index is 13.8. The predicted octanol–water partition coefficient (Wildman–Crippen LogP) is 5.79. The molecule has 3 aromatic rings. The second-order valence-electron chi connectivity index (χ2n) is 9.61. The Morgan fingerprint density at radius 1 is 1.00 bits per heavy atom. The first-order valence-corrected chi connectivity index (χ1v) is 14.5. The molecule has 0 saturated carbocycles. The molecule has 1 aliphatic rings. The summed E-state index contributed by atoms with van der Waals surface area (Å²) in [5.74, 6) is 0.952. The first kappa shape index (κ1) is 27.5. The molecule has 0 fully saturated rings. The molecule has 1 unspecified atom stereocenters. The van der Waals surface area contributed by atoms with Gasteiger partial charge in [0.2, 0.25) is 5.91 Å². The Bertz CT molecular complexity index is 1350. The van der Waals surface area contributed by atoms with E-state index in [0.717, 1.165) is 34.0 Å². The first-order chi connectivity index (χ1) is 18.2. The maximum atomic E-state index is 13.8. The number of carbonyl (C=O) groups is 1. The van der Waals surface area contributed by atoms with Crippen molar-refractivity contribution in [3.8, 4) is 11.5 Å². The summed E-state index contributed by atoms with van der Waals surface area (Å²) in [4.78, 5) is 13.6. The van der Waals surface area contributed by atoms with Gasteiger partial charge >= 0.3 is 0 Å². The number of amides is 1. The zero-order valence-corrected chi connectivity index (χ0v) is 23.3. The average molecular weight is 537 g/mol. The van der Waals surface area contributed by atoms with Crippen LogP contribution < -0.4 is 19.1 Å². The molecule has 0 aliphatic carbocycles. The number of hydrogen-bond donors (Lipinski definition) is 1. The topological polar surface area (TPSA) is 84.9 Å². The summed E-state index contributed by atoms with van der Waals surface area (Å²) < 4.78 is 40.6. The second-order valence-corrected chi connectivity index (χ2v) is 11.5. The fourth-order valence-electron chi connectivity index (χ4n) is 4.83. The number of aryl methyl sites for hydroxylation is 1. The summed E-state index contributed by atoms with van der Waals surface area (Å²) in [5.41, 5.74) is 1.92. The highest BCUT2D eigenvalue weighted by Gasteiger charge is 2.39. The largest absolute Gasteiger partial charge is 0.494 e. The minimum atomic E-state index is -4.03. The average Bonchev–Trinajstić information content (AvgIpc) is 2.92. The van der Waals surface area contributed by atoms with Crippen molar-refractivity contribution in [2.45, 2.75) is 63.5 Å². The molecule has 7 nitrogen and oxygen atoms in total. The lowest BCUT2D eigenvalue weighted by Gasteiger charge is -2.41. The number of hydrogen-bond acceptors (Lipinski definition) is 5. The fraction of sp³-hybridized carbons (Fsp3) is 0.367. The third-order valence-corrected chi connectivity index (χ3v) is 8.94. The van der Waals surface area contributed by atoms with Crippen LogP contribution in [0.3, 0.4) is 0 Å². The number of anilines is 1. The molecule has 0 saturated heterocycles. The summed E-state index contributed by atoms with van der Waals surface area (Å²) in [6.07, 6.45) is 2.20. The zero-order valence-electron chi connectivity index (χ0n) is 22.4. The zero-order chi connectivity index (χ0) is 27.3. The predicted molar refractivity (Wildman–Crippen MR) is 149 cm³/mol. The number of sulfonamides is 1. The van der Waals surface area contributed by atoms with Gasteiger partial charge in [-0.15, -0.1) is 0 Å². The monoisotopic (exact) mass is 536 g/mol. The van der Waals surface area contributed by atoms with Crippen molar-refractivity contribution in [2.75, 3.05) is 17.5 Å². The van der Waals surface area contributed by atoms with Crippen molar-refractivity contribution in [2.24, 2.45) is 0 Å². The van der Waals surface area contributed by atoms with Crippen LogP contribution >= 0.6 is 0 Å². The molecule has 1 amide bonds. The summed E-state index contributed by atoms with van der Waals surface area (Å²) >= 11 is 0. The van der Waals surface area contributed by atoms with Crippen LogP contribution in [-0.4, -0.2) is 33.1 Å². The van der Waals surface area contributed by atoms with Gasteiger partial charge in [0.25, 0.3) is 10.0 Å². The normalized spacial score (nSPS) is 16.2. The van der Waals surface area contributed by atoms with Gasteiger partial charge in [-0.25, -0.2) is 8.42 Å². The Balaban J connectivity index is 1.64. The number of ether oxygens (including phenoxy) is 2. The number of para-hydroxylation sites is 1. The lowest BCUT2D eigenvalue weighted by Crippen LogP contribution is -2.47. The molecule has 0 spiro atoms. The highest BCUT2D eigenvalue weighted by Crippen LogP contribution is 2.42. The van der Waals surface area contributed by atoms with Crippen molar-refractivity contribution in [3.63, 3.8) is 0 Å². The van der Waals surface area contributed by atoms with Crippen LogP contribution in [-0.2, 0) is 14.8 Å². The highest BCUT2D eigenvalue weighted by atomic mass is 32.2. The Morgan fingerprint density at radius 3 is 2.29 bits per heavy atom. The number of nitrogens with zero attached hydrogens (tertiary/aromatic N) is 1. The van der Waals surface area contributed by atoms with Gasteiger partial charge in [0.15, 0.2) is 0 Å². The summed E-state index contributed by atoms with van der Waals surface area (Å²) in [7, 11) is -4.03. The molecule has 0 radical (unpaired) electrons. The standard InChI is InChI=1S/C30H36N2O5S/c1-5-30(6-2)20-27(26-10-8-9-11-28(26)37-30)31-29(33)21-32(23-14-12-22(4)13-15-23)38(34,35)25-18-16-24(17-19-25)36-7-3/h8-19,27H,5-7,20-21H2,1-4H3,(H,31,33). The van der Waals surface area contributed by atoms with Gasteiger partial charge in [-0.2, -0.15) is 0 Å². The van der Waals surface area contributed by atoms with E-state index in [1.54, 1.807) is 24.3 Å². The third kappa shape index (κ3) is 5.80. The molecule has 38 heavy (non-hydrogen) atoms. The van der Waals surface area contributed by atoms with E-state index in [1.807, 2.05) is 50.2 Å². The van der Waals surface area contributed by atoms with Gasteiger partial charge < -0.3 is 14.8 Å². The highest BCUT2D eigenvalue weighted by molar-refractivity contribution is 7.92. The van der Waals surface area contributed by atoms with E-state index in [4.69, 9.17) is 9.47 Å². The molecule has 3 aromatic carbocycles. The van der Waals surface area contributed by atoms with Crippen LogP contribution in [0.2, 0.25) is 0 Å². The molecule has 0 aromatic heterocycles. The quantitative estimate of drug-likeness (QED) is 0.355. The van der Waals surface area contributed by atoms with Crippen LogP contribution in [0.5, 0.6) is 11.5 Å². The van der Waals surface area contributed by atoms with Crippen molar-refractivity contribution in [1.82, 2.24) is 5.32 Å². The number of fused-ring (bicyclic) bond motifs is 1. The molecule has 4 rings (SSSR count). The molecule has 1 N–H and O–H groups in total. The van der Waals surface area contributed by atoms with Crippen LogP contribution in [0.15, 0.2) is 77.7 Å². The van der Waals surface area contributed by atoms with Gasteiger partial charge in [0, 0.05) is 12.0 Å². The SMILES string of the molecule is CCOc1ccc(S(=O)(=O)N(CC(=O)NC2CC(CC)(CC)Oc3ccccc32)c2ccc(C)cc2)cc1. The molecule has 1 heterocycles. The van der Waals surface area contributed by atoms with E-state index in [-0.39, 0.29) is 23.4 Å². The summed E-state index contributed by atoms with van der Waals surface area (Å²) in [6, 6.07) is 20.8. The van der Waals surface area contributed by atoms with Gasteiger partial charge in [-0.1, -0.05) is 49.7 Å². The van der Waals surface area contributed by atoms with Crippen molar-refractivity contribution >= 4 is 21.6 Å². The van der Waals surface area contributed by atoms with E-state index < -0.39 is 15.6 Å². The smallest absolute Gasteiger partial charge is 0.264 e. The molecule has 202 valence electrons. The van der Waals surface area contributed by atoms with Crippen molar-refractivity contribution < 1.29 is 22.7 Å². The lowest BCUT2D eigenvalue weighted by atomic mass is 9.83. The fourth-order valence-corrected chi connectivity index (χ4v) is 6.25. The molecule has 1 atom stereocenters. The Hall–Kier alpha value is -3.52. The molecular formula is C30H36N2O5S. The van der Waals surface area contributed by atoms with E-state index >= 15 is 0 Å². The first-order valence-electron chi connectivity index (χ1n) is 13.1. The van der Waals surface area contributed by atoms with Crippen LogP contribution in [0.25, 0.3) is 0 Å². The van der Waals surface area contributed by atoms with E-state index in [0.29, 0.717) is 24.5 Å².